The van der Waals surface area contributed by atoms with Crippen molar-refractivity contribution in [2.75, 3.05) is 11.9 Å². The van der Waals surface area contributed by atoms with Crippen LogP contribution in [0.25, 0.3) is 0 Å². The normalized spacial score (nSPS) is 10.8. The van der Waals surface area contributed by atoms with Crippen LogP contribution in [-0.4, -0.2) is 22.0 Å². The van der Waals surface area contributed by atoms with Crippen molar-refractivity contribution >= 4 is 23.3 Å². The molecule has 4 nitrogen and oxygen atoms in total. The molecule has 0 aliphatic carbocycles. The zero-order valence-electron chi connectivity index (χ0n) is 17.3. The predicted molar refractivity (Wildman–Crippen MR) is 121 cm³/mol. The number of hydrogen-bond acceptors (Lipinski definition) is 1. The first-order valence-corrected chi connectivity index (χ1v) is 10.4. The SMILES string of the molecule is CCCN(Cc1cccn1Cc1cccc(Cl)c1)C(=O)Nc1ccc(C)cc1C. The first kappa shape index (κ1) is 21.0. The predicted octanol–water partition coefficient (Wildman–Crippen LogP) is 6.25. The Bertz CT molecular complexity index is 980. The second-order valence-corrected chi connectivity index (χ2v) is 7.86. The summed E-state index contributed by atoms with van der Waals surface area (Å²) in [6.45, 7) is 8.13. The molecule has 29 heavy (non-hydrogen) atoms. The minimum Gasteiger partial charge on any atom is -0.345 e. The van der Waals surface area contributed by atoms with E-state index in [4.69, 9.17) is 11.6 Å². The van der Waals surface area contributed by atoms with Crippen LogP contribution in [0.2, 0.25) is 5.02 Å². The van der Waals surface area contributed by atoms with Crippen molar-refractivity contribution in [1.29, 1.82) is 0 Å². The Morgan fingerprint density at radius 3 is 2.66 bits per heavy atom. The standard InChI is InChI=1S/C24H28ClN3O/c1-4-12-28(24(29)26-23-11-10-18(2)14-19(23)3)17-22-9-6-13-27(22)16-20-7-5-8-21(25)15-20/h5-11,13-15H,4,12,16-17H2,1-3H3,(H,26,29). The molecule has 1 heterocycles. The zero-order chi connectivity index (χ0) is 20.8. The molecular formula is C24H28ClN3O. The molecule has 0 aliphatic rings. The average molecular weight is 410 g/mol. The Hall–Kier alpha value is -2.72. The van der Waals surface area contributed by atoms with Crippen LogP contribution < -0.4 is 5.32 Å². The van der Waals surface area contributed by atoms with Crippen molar-refractivity contribution in [1.82, 2.24) is 9.47 Å². The number of anilines is 1. The fourth-order valence-electron chi connectivity index (χ4n) is 3.45. The molecule has 0 radical (unpaired) electrons. The Kier molecular flexibility index (Phi) is 6.99. The van der Waals surface area contributed by atoms with Gasteiger partial charge in [-0.25, -0.2) is 4.79 Å². The molecule has 0 fully saturated rings. The molecule has 0 aliphatic heterocycles. The number of rotatable bonds is 7. The molecule has 0 saturated heterocycles. The lowest BCUT2D eigenvalue weighted by molar-refractivity contribution is 0.208. The van der Waals surface area contributed by atoms with E-state index in [9.17, 15) is 4.79 Å². The minimum absolute atomic E-state index is 0.0747. The summed E-state index contributed by atoms with van der Waals surface area (Å²) in [6.07, 6.45) is 2.94. The number of aromatic nitrogens is 1. The third-order valence-corrected chi connectivity index (χ3v) is 5.16. The van der Waals surface area contributed by atoms with Crippen molar-refractivity contribution < 1.29 is 4.79 Å². The Labute approximate surface area is 178 Å². The summed E-state index contributed by atoms with van der Waals surface area (Å²) in [7, 11) is 0. The minimum atomic E-state index is -0.0747. The highest BCUT2D eigenvalue weighted by Gasteiger charge is 2.16. The molecule has 0 atom stereocenters. The van der Waals surface area contributed by atoms with Gasteiger partial charge in [0.25, 0.3) is 0 Å². The molecule has 1 aromatic heterocycles. The van der Waals surface area contributed by atoms with E-state index in [-0.39, 0.29) is 6.03 Å². The molecule has 5 heteroatoms. The van der Waals surface area contributed by atoms with E-state index < -0.39 is 0 Å². The van der Waals surface area contributed by atoms with Crippen LogP contribution in [-0.2, 0) is 13.1 Å². The van der Waals surface area contributed by atoms with E-state index in [1.807, 2.05) is 54.4 Å². The van der Waals surface area contributed by atoms with E-state index in [1.165, 1.54) is 5.56 Å². The number of aryl methyl sites for hydroxylation is 2. The van der Waals surface area contributed by atoms with Crippen molar-refractivity contribution in [2.45, 2.75) is 40.3 Å². The van der Waals surface area contributed by atoms with Gasteiger partial charge < -0.3 is 14.8 Å². The summed E-state index contributed by atoms with van der Waals surface area (Å²) in [5, 5.41) is 3.80. The zero-order valence-corrected chi connectivity index (χ0v) is 18.0. The van der Waals surface area contributed by atoms with Gasteiger partial charge in [0.1, 0.15) is 0 Å². The number of carbonyl (C=O) groups excluding carboxylic acids is 1. The number of urea groups is 1. The van der Waals surface area contributed by atoms with Crippen LogP contribution in [0.4, 0.5) is 10.5 Å². The van der Waals surface area contributed by atoms with Gasteiger partial charge in [-0.3, -0.25) is 0 Å². The number of hydrogen-bond donors (Lipinski definition) is 1. The molecular weight excluding hydrogens is 382 g/mol. The van der Waals surface area contributed by atoms with Gasteiger partial charge in [-0.1, -0.05) is 48.4 Å². The van der Waals surface area contributed by atoms with Gasteiger partial charge in [0.05, 0.1) is 6.54 Å². The maximum absolute atomic E-state index is 13.0. The summed E-state index contributed by atoms with van der Waals surface area (Å²) < 4.78 is 2.17. The van der Waals surface area contributed by atoms with E-state index in [0.717, 1.165) is 40.5 Å². The van der Waals surface area contributed by atoms with Gasteiger partial charge in [-0.05, 0) is 61.7 Å². The highest BCUT2D eigenvalue weighted by Crippen LogP contribution is 2.18. The Morgan fingerprint density at radius 2 is 1.93 bits per heavy atom. The molecule has 0 spiro atoms. The van der Waals surface area contributed by atoms with Crippen LogP contribution in [0.1, 0.15) is 35.7 Å². The molecule has 3 aromatic rings. The van der Waals surface area contributed by atoms with Crippen molar-refractivity contribution in [2.24, 2.45) is 0 Å². The summed E-state index contributed by atoms with van der Waals surface area (Å²) in [4.78, 5) is 14.8. The highest BCUT2D eigenvalue weighted by atomic mass is 35.5. The second kappa shape index (κ2) is 9.66. The molecule has 0 saturated carbocycles. The smallest absolute Gasteiger partial charge is 0.322 e. The molecule has 152 valence electrons. The Morgan fingerprint density at radius 1 is 1.10 bits per heavy atom. The van der Waals surface area contributed by atoms with Gasteiger partial charge in [-0.2, -0.15) is 0 Å². The molecule has 2 aromatic carbocycles. The first-order chi connectivity index (χ1) is 14.0. The van der Waals surface area contributed by atoms with Crippen molar-refractivity contribution in [3.63, 3.8) is 0 Å². The van der Waals surface area contributed by atoms with Crippen LogP contribution >= 0.6 is 11.6 Å². The lowest BCUT2D eigenvalue weighted by Crippen LogP contribution is -2.36. The van der Waals surface area contributed by atoms with Gasteiger partial charge in [0.2, 0.25) is 0 Å². The maximum atomic E-state index is 13.0. The van der Waals surface area contributed by atoms with Crippen LogP contribution in [0, 0.1) is 13.8 Å². The monoisotopic (exact) mass is 409 g/mol. The maximum Gasteiger partial charge on any atom is 0.322 e. The number of benzene rings is 2. The summed E-state index contributed by atoms with van der Waals surface area (Å²) >= 11 is 6.12. The van der Waals surface area contributed by atoms with Crippen LogP contribution in [0.3, 0.4) is 0 Å². The third kappa shape index (κ3) is 5.64. The quantitative estimate of drug-likeness (QED) is 0.492. The summed E-state index contributed by atoms with van der Waals surface area (Å²) in [5.74, 6) is 0. The van der Waals surface area contributed by atoms with E-state index in [2.05, 4.69) is 41.9 Å². The lowest BCUT2D eigenvalue weighted by Gasteiger charge is -2.24. The molecule has 3 rings (SSSR count). The molecule has 1 N–H and O–H groups in total. The fourth-order valence-corrected chi connectivity index (χ4v) is 3.66. The van der Waals surface area contributed by atoms with Gasteiger partial charge >= 0.3 is 6.03 Å². The Balaban J connectivity index is 1.73. The molecule has 2 amide bonds. The number of carbonyl (C=O) groups is 1. The van der Waals surface area contributed by atoms with Crippen molar-refractivity contribution in [3.8, 4) is 0 Å². The van der Waals surface area contributed by atoms with Crippen molar-refractivity contribution in [3.05, 3.63) is 88.2 Å². The number of halogens is 1. The largest absolute Gasteiger partial charge is 0.345 e. The number of nitrogens with zero attached hydrogens (tertiary/aromatic N) is 2. The van der Waals surface area contributed by atoms with Crippen LogP contribution in [0.5, 0.6) is 0 Å². The number of nitrogens with one attached hydrogen (secondary N) is 1. The second-order valence-electron chi connectivity index (χ2n) is 7.43. The summed E-state index contributed by atoms with van der Waals surface area (Å²) in [6, 6.07) is 17.9. The van der Waals surface area contributed by atoms with Gasteiger partial charge in [0.15, 0.2) is 0 Å². The van der Waals surface area contributed by atoms with Gasteiger partial charge in [-0.15, -0.1) is 0 Å². The lowest BCUT2D eigenvalue weighted by atomic mass is 10.1. The number of amides is 2. The first-order valence-electron chi connectivity index (χ1n) is 9.98. The summed E-state index contributed by atoms with van der Waals surface area (Å²) in [5.41, 5.74) is 5.34. The molecule has 0 bridgehead atoms. The molecule has 0 unspecified atom stereocenters. The third-order valence-electron chi connectivity index (χ3n) is 4.92. The average Bonchev–Trinajstić information content (AvgIpc) is 3.10. The highest BCUT2D eigenvalue weighted by molar-refractivity contribution is 6.30. The van der Waals surface area contributed by atoms with Gasteiger partial charge in [0, 0.05) is 35.7 Å². The van der Waals surface area contributed by atoms with E-state index >= 15 is 0 Å². The van der Waals surface area contributed by atoms with E-state index in [1.54, 1.807) is 0 Å². The van der Waals surface area contributed by atoms with Crippen LogP contribution in [0.15, 0.2) is 60.8 Å². The van der Waals surface area contributed by atoms with E-state index in [0.29, 0.717) is 13.1 Å². The topological polar surface area (TPSA) is 37.3 Å². The fraction of sp³-hybridized carbons (Fsp3) is 0.292.